The maximum Gasteiger partial charge on any atom is 0.309 e. The summed E-state index contributed by atoms with van der Waals surface area (Å²) in [5, 5.41) is 0. The van der Waals surface area contributed by atoms with Gasteiger partial charge >= 0.3 is 17.9 Å². The van der Waals surface area contributed by atoms with Gasteiger partial charge < -0.3 is 14.2 Å². The number of carbonyl (C=O) groups excluding carboxylic acids is 3. The smallest absolute Gasteiger partial charge is 0.309 e. The topological polar surface area (TPSA) is 78.9 Å². The van der Waals surface area contributed by atoms with Crippen LogP contribution in [0.15, 0.2) is 48.6 Å². The fourth-order valence-electron chi connectivity index (χ4n) is 7.09. The SMILES string of the molecule is CC/C=C\C/C=C\C/C=C\CC(=O)OCC(COC(=O)CCCCCCCCCCCCCCCCCCC)OC(=O)CCCCCCCCC/C=C\CCCCCC. The van der Waals surface area contributed by atoms with Gasteiger partial charge in [-0.05, 0) is 57.8 Å². The Morgan fingerprint density at radius 2 is 0.729 bits per heavy atom. The van der Waals surface area contributed by atoms with Gasteiger partial charge in [0.2, 0.25) is 0 Å². The highest BCUT2D eigenvalue weighted by Gasteiger charge is 2.19. The minimum Gasteiger partial charge on any atom is -0.462 e. The van der Waals surface area contributed by atoms with Crippen molar-refractivity contribution >= 4 is 17.9 Å². The molecule has 6 heteroatoms. The van der Waals surface area contributed by atoms with Gasteiger partial charge in [0.25, 0.3) is 0 Å². The predicted molar refractivity (Wildman–Crippen MR) is 252 cm³/mol. The average Bonchev–Trinajstić information content (AvgIpc) is 3.23. The number of rotatable bonds is 45. The third-order valence-corrected chi connectivity index (χ3v) is 10.9. The molecule has 0 aromatic rings. The Bertz CT molecular complexity index is 1040. The largest absolute Gasteiger partial charge is 0.462 e. The molecule has 0 spiro atoms. The van der Waals surface area contributed by atoms with Gasteiger partial charge in [-0.2, -0.15) is 0 Å². The van der Waals surface area contributed by atoms with Crippen molar-refractivity contribution in [2.24, 2.45) is 0 Å². The highest BCUT2D eigenvalue weighted by Crippen LogP contribution is 2.16. The number of unbranched alkanes of at least 4 members (excludes halogenated alkanes) is 27. The van der Waals surface area contributed by atoms with Crippen LogP contribution in [0.4, 0.5) is 0 Å². The molecule has 0 radical (unpaired) electrons. The average molecular weight is 827 g/mol. The van der Waals surface area contributed by atoms with Gasteiger partial charge in [0.05, 0.1) is 6.42 Å². The summed E-state index contributed by atoms with van der Waals surface area (Å²) in [4.78, 5) is 37.8. The highest BCUT2D eigenvalue weighted by molar-refractivity contribution is 5.72. The molecule has 0 heterocycles. The van der Waals surface area contributed by atoms with Crippen LogP contribution in [-0.4, -0.2) is 37.2 Å². The Morgan fingerprint density at radius 1 is 0.373 bits per heavy atom. The molecule has 1 unspecified atom stereocenters. The first-order valence-corrected chi connectivity index (χ1v) is 25.1. The number of allylic oxidation sites excluding steroid dienone is 7. The van der Waals surface area contributed by atoms with E-state index < -0.39 is 12.1 Å². The molecule has 0 saturated heterocycles. The van der Waals surface area contributed by atoms with Gasteiger partial charge in [0.1, 0.15) is 13.2 Å². The van der Waals surface area contributed by atoms with Crippen molar-refractivity contribution in [2.75, 3.05) is 13.2 Å². The normalized spacial score (nSPS) is 12.4. The van der Waals surface area contributed by atoms with Gasteiger partial charge in [-0.25, -0.2) is 0 Å². The molecular weight excluding hydrogens is 733 g/mol. The molecule has 0 aromatic heterocycles. The van der Waals surface area contributed by atoms with Gasteiger partial charge in [-0.3, -0.25) is 14.4 Å². The van der Waals surface area contributed by atoms with E-state index in [-0.39, 0.29) is 31.6 Å². The third kappa shape index (κ3) is 46.3. The first-order chi connectivity index (χ1) is 29.0. The van der Waals surface area contributed by atoms with Crippen molar-refractivity contribution in [1.29, 1.82) is 0 Å². The number of esters is 3. The lowest BCUT2D eigenvalue weighted by molar-refractivity contribution is -0.166. The number of hydrogen-bond acceptors (Lipinski definition) is 6. The zero-order chi connectivity index (χ0) is 43.0. The Balaban J connectivity index is 4.34. The van der Waals surface area contributed by atoms with Crippen LogP contribution in [0.25, 0.3) is 0 Å². The highest BCUT2D eigenvalue weighted by atomic mass is 16.6. The lowest BCUT2D eigenvalue weighted by Crippen LogP contribution is -2.30. The van der Waals surface area contributed by atoms with Crippen molar-refractivity contribution in [3.63, 3.8) is 0 Å². The molecule has 1 atom stereocenters. The molecule has 0 N–H and O–H groups in total. The Labute approximate surface area is 365 Å². The van der Waals surface area contributed by atoms with Gasteiger partial charge in [0.15, 0.2) is 6.10 Å². The zero-order valence-corrected chi connectivity index (χ0v) is 39.0. The van der Waals surface area contributed by atoms with E-state index in [1.165, 1.54) is 154 Å². The summed E-state index contributed by atoms with van der Waals surface area (Å²) in [6.07, 6.45) is 57.0. The summed E-state index contributed by atoms with van der Waals surface area (Å²) in [5.41, 5.74) is 0. The number of hydrogen-bond donors (Lipinski definition) is 0. The fourth-order valence-corrected chi connectivity index (χ4v) is 7.09. The predicted octanol–water partition coefficient (Wildman–Crippen LogP) is 16.3. The molecule has 342 valence electrons. The standard InChI is InChI=1S/C53H94O6/c1-4-7-10-13-16-19-21-23-25-26-28-29-31-34-37-40-43-46-52(55)58-49-50(48-57-51(54)45-42-39-36-33-18-15-12-9-6-3)59-53(56)47-44-41-38-35-32-30-27-24-22-20-17-14-11-8-5-2/h9,12,18,20,22,33,39,42,50H,4-8,10-11,13-17,19,21,23-32,34-38,40-41,43-49H2,1-3H3/b12-9-,22-20-,33-18-,42-39-. The van der Waals surface area contributed by atoms with E-state index in [2.05, 4.69) is 57.2 Å². The summed E-state index contributed by atoms with van der Waals surface area (Å²) in [6.45, 7) is 6.42. The van der Waals surface area contributed by atoms with E-state index in [0.717, 1.165) is 57.8 Å². The maximum absolute atomic E-state index is 12.7. The molecule has 0 amide bonds. The second kappa shape index (κ2) is 48.0. The monoisotopic (exact) mass is 827 g/mol. The van der Waals surface area contributed by atoms with E-state index in [9.17, 15) is 14.4 Å². The maximum atomic E-state index is 12.7. The molecule has 6 nitrogen and oxygen atoms in total. The van der Waals surface area contributed by atoms with Crippen molar-refractivity contribution < 1.29 is 28.6 Å². The van der Waals surface area contributed by atoms with E-state index in [1.807, 2.05) is 6.08 Å². The van der Waals surface area contributed by atoms with Crippen LogP contribution in [0.1, 0.15) is 252 Å². The van der Waals surface area contributed by atoms with Crippen LogP contribution >= 0.6 is 0 Å². The summed E-state index contributed by atoms with van der Waals surface area (Å²) in [5.74, 6) is -1.03. The Morgan fingerprint density at radius 3 is 1.19 bits per heavy atom. The Hall–Kier alpha value is -2.63. The van der Waals surface area contributed by atoms with E-state index in [0.29, 0.717) is 12.8 Å². The lowest BCUT2D eigenvalue weighted by atomic mass is 10.0. The van der Waals surface area contributed by atoms with Gasteiger partial charge in [-0.15, -0.1) is 0 Å². The molecule has 0 bridgehead atoms. The summed E-state index contributed by atoms with van der Waals surface area (Å²) in [6, 6.07) is 0. The zero-order valence-electron chi connectivity index (χ0n) is 39.0. The summed E-state index contributed by atoms with van der Waals surface area (Å²) < 4.78 is 16.6. The van der Waals surface area contributed by atoms with Gasteiger partial charge in [0, 0.05) is 12.8 Å². The van der Waals surface area contributed by atoms with Gasteiger partial charge in [-0.1, -0.05) is 223 Å². The number of carbonyl (C=O) groups is 3. The first-order valence-electron chi connectivity index (χ1n) is 25.1. The molecule has 0 saturated carbocycles. The van der Waals surface area contributed by atoms with E-state index >= 15 is 0 Å². The molecule has 0 aliphatic heterocycles. The van der Waals surface area contributed by atoms with Crippen molar-refractivity contribution in [2.45, 2.75) is 258 Å². The van der Waals surface area contributed by atoms with Crippen molar-refractivity contribution in [1.82, 2.24) is 0 Å². The number of ether oxygens (including phenoxy) is 3. The minimum atomic E-state index is -0.806. The minimum absolute atomic E-state index is 0.0992. The molecule has 0 aliphatic rings. The third-order valence-electron chi connectivity index (χ3n) is 10.9. The second-order valence-electron chi connectivity index (χ2n) is 16.7. The van der Waals surface area contributed by atoms with Crippen LogP contribution < -0.4 is 0 Å². The second-order valence-corrected chi connectivity index (χ2v) is 16.7. The molecule has 59 heavy (non-hydrogen) atoms. The van der Waals surface area contributed by atoms with E-state index in [1.54, 1.807) is 6.08 Å². The first kappa shape index (κ1) is 56.4. The molecule has 0 fully saturated rings. The van der Waals surface area contributed by atoms with Crippen molar-refractivity contribution in [3.8, 4) is 0 Å². The van der Waals surface area contributed by atoms with Crippen LogP contribution in [0.3, 0.4) is 0 Å². The van der Waals surface area contributed by atoms with Crippen LogP contribution in [0.2, 0.25) is 0 Å². The quantitative estimate of drug-likeness (QED) is 0.0263. The van der Waals surface area contributed by atoms with Crippen molar-refractivity contribution in [3.05, 3.63) is 48.6 Å². The molecular formula is C53H94O6. The van der Waals surface area contributed by atoms with E-state index in [4.69, 9.17) is 14.2 Å². The molecule has 0 rings (SSSR count). The molecule has 0 aliphatic carbocycles. The van der Waals surface area contributed by atoms with Crippen LogP contribution in [0, 0.1) is 0 Å². The molecule has 0 aromatic carbocycles. The summed E-state index contributed by atoms with van der Waals surface area (Å²) >= 11 is 0. The lowest BCUT2D eigenvalue weighted by Gasteiger charge is -2.18. The fraction of sp³-hybridized carbons (Fsp3) is 0.792. The Kier molecular flexibility index (Phi) is 45.9. The summed E-state index contributed by atoms with van der Waals surface area (Å²) in [7, 11) is 0. The van der Waals surface area contributed by atoms with Crippen LogP contribution in [0.5, 0.6) is 0 Å². The van der Waals surface area contributed by atoms with Crippen LogP contribution in [-0.2, 0) is 28.6 Å².